The standard InChI is InChI=1S/C18H22N4O2S/c1-24-15-8-4-3-7-14(15)21-16(23)13-25-18-17(19-9-10-20-18)22-11-5-2-6-12-22/h3-4,7-10H,2,5-6,11-13H2,1H3,(H,21,23). The van der Waals surface area contributed by atoms with Crippen LogP contribution in [0.2, 0.25) is 0 Å². The van der Waals surface area contributed by atoms with E-state index in [0.717, 1.165) is 23.9 Å². The molecule has 132 valence electrons. The molecule has 0 saturated carbocycles. The third kappa shape index (κ3) is 4.63. The van der Waals surface area contributed by atoms with Crippen molar-refractivity contribution in [3.8, 4) is 5.75 Å². The summed E-state index contributed by atoms with van der Waals surface area (Å²) in [7, 11) is 1.59. The molecule has 1 aromatic heterocycles. The molecule has 2 heterocycles. The normalized spacial score (nSPS) is 14.2. The minimum atomic E-state index is -0.0928. The zero-order valence-electron chi connectivity index (χ0n) is 14.3. The van der Waals surface area contributed by atoms with E-state index in [2.05, 4.69) is 20.2 Å². The lowest BCUT2D eigenvalue weighted by Gasteiger charge is -2.28. The van der Waals surface area contributed by atoms with Gasteiger partial charge in [0.25, 0.3) is 0 Å². The lowest BCUT2D eigenvalue weighted by atomic mass is 10.1. The summed E-state index contributed by atoms with van der Waals surface area (Å²) in [5, 5.41) is 3.69. The van der Waals surface area contributed by atoms with Crippen molar-refractivity contribution in [2.45, 2.75) is 24.3 Å². The van der Waals surface area contributed by atoms with E-state index in [1.807, 2.05) is 24.3 Å². The van der Waals surface area contributed by atoms with Crippen molar-refractivity contribution in [1.82, 2.24) is 9.97 Å². The fraction of sp³-hybridized carbons (Fsp3) is 0.389. The van der Waals surface area contributed by atoms with Gasteiger partial charge in [0.05, 0.1) is 18.6 Å². The van der Waals surface area contributed by atoms with Gasteiger partial charge in [-0.05, 0) is 31.4 Å². The predicted molar refractivity (Wildman–Crippen MR) is 100 cm³/mol. The second kappa shape index (κ2) is 8.71. The topological polar surface area (TPSA) is 67.3 Å². The van der Waals surface area contributed by atoms with Gasteiger partial charge in [0.1, 0.15) is 10.8 Å². The number of piperidine rings is 1. The first-order valence-corrected chi connectivity index (χ1v) is 9.38. The van der Waals surface area contributed by atoms with Crippen molar-refractivity contribution in [3.05, 3.63) is 36.7 Å². The lowest BCUT2D eigenvalue weighted by molar-refractivity contribution is -0.113. The van der Waals surface area contributed by atoms with Crippen molar-refractivity contribution >= 4 is 29.2 Å². The number of anilines is 2. The molecule has 0 bridgehead atoms. The fourth-order valence-corrected chi connectivity index (χ4v) is 3.60. The number of benzene rings is 1. The molecular weight excluding hydrogens is 336 g/mol. The lowest BCUT2D eigenvalue weighted by Crippen LogP contribution is -2.30. The van der Waals surface area contributed by atoms with Gasteiger partial charge in [0.2, 0.25) is 5.91 Å². The number of carbonyl (C=O) groups is 1. The summed E-state index contributed by atoms with van der Waals surface area (Å²) in [6.45, 7) is 2.00. The number of amides is 1. The van der Waals surface area contributed by atoms with Gasteiger partial charge in [-0.1, -0.05) is 23.9 Å². The van der Waals surface area contributed by atoms with Gasteiger partial charge in [-0.15, -0.1) is 0 Å². The molecule has 25 heavy (non-hydrogen) atoms. The van der Waals surface area contributed by atoms with E-state index in [1.165, 1.54) is 31.0 Å². The van der Waals surface area contributed by atoms with Crippen molar-refractivity contribution in [3.63, 3.8) is 0 Å². The molecule has 7 heteroatoms. The molecule has 1 aromatic carbocycles. The monoisotopic (exact) mass is 358 g/mol. The maximum atomic E-state index is 12.3. The molecular formula is C18H22N4O2S. The number of hydrogen-bond acceptors (Lipinski definition) is 6. The average molecular weight is 358 g/mol. The van der Waals surface area contributed by atoms with Crippen LogP contribution in [-0.2, 0) is 4.79 Å². The van der Waals surface area contributed by atoms with E-state index in [4.69, 9.17) is 4.74 Å². The molecule has 3 rings (SSSR count). The molecule has 0 spiro atoms. The van der Waals surface area contributed by atoms with Gasteiger partial charge < -0.3 is 15.0 Å². The van der Waals surface area contributed by atoms with E-state index >= 15 is 0 Å². The summed E-state index contributed by atoms with van der Waals surface area (Å²) in [6.07, 6.45) is 7.00. The van der Waals surface area contributed by atoms with Crippen LogP contribution in [0.5, 0.6) is 5.75 Å². The second-order valence-corrected chi connectivity index (χ2v) is 6.73. The summed E-state index contributed by atoms with van der Waals surface area (Å²) >= 11 is 1.41. The minimum Gasteiger partial charge on any atom is -0.495 e. The molecule has 1 aliphatic heterocycles. The van der Waals surface area contributed by atoms with Gasteiger partial charge in [0, 0.05) is 25.5 Å². The van der Waals surface area contributed by atoms with E-state index in [9.17, 15) is 4.79 Å². The van der Waals surface area contributed by atoms with Crippen molar-refractivity contribution < 1.29 is 9.53 Å². The first-order valence-electron chi connectivity index (χ1n) is 8.39. The van der Waals surface area contributed by atoms with Gasteiger partial charge in [-0.25, -0.2) is 9.97 Å². The number of rotatable bonds is 6. The highest BCUT2D eigenvalue weighted by Gasteiger charge is 2.18. The SMILES string of the molecule is COc1ccccc1NC(=O)CSc1nccnc1N1CCCCC1. The van der Waals surface area contributed by atoms with Gasteiger partial charge in [-0.2, -0.15) is 0 Å². The second-order valence-electron chi connectivity index (χ2n) is 5.77. The van der Waals surface area contributed by atoms with Crippen LogP contribution in [0.15, 0.2) is 41.7 Å². The summed E-state index contributed by atoms with van der Waals surface area (Å²) in [5.74, 6) is 1.72. The molecule has 1 aliphatic rings. The molecule has 1 saturated heterocycles. The maximum absolute atomic E-state index is 12.3. The first kappa shape index (κ1) is 17.5. The van der Waals surface area contributed by atoms with Crippen LogP contribution in [0.1, 0.15) is 19.3 Å². The van der Waals surface area contributed by atoms with E-state index in [0.29, 0.717) is 11.4 Å². The quantitative estimate of drug-likeness (QED) is 0.800. The van der Waals surface area contributed by atoms with E-state index < -0.39 is 0 Å². The summed E-state index contributed by atoms with van der Waals surface area (Å²) in [4.78, 5) is 23.5. The van der Waals surface area contributed by atoms with Gasteiger partial charge in [-0.3, -0.25) is 4.79 Å². The number of thioether (sulfide) groups is 1. The highest BCUT2D eigenvalue weighted by Crippen LogP contribution is 2.28. The number of para-hydroxylation sites is 2. The number of nitrogens with zero attached hydrogens (tertiary/aromatic N) is 3. The number of carbonyl (C=O) groups excluding carboxylic acids is 1. The molecule has 6 nitrogen and oxygen atoms in total. The van der Waals surface area contributed by atoms with Crippen molar-refractivity contribution in [2.75, 3.05) is 36.2 Å². The van der Waals surface area contributed by atoms with Crippen LogP contribution in [-0.4, -0.2) is 41.8 Å². The Balaban J connectivity index is 1.62. The highest BCUT2D eigenvalue weighted by molar-refractivity contribution is 8.00. The molecule has 0 atom stereocenters. The number of nitrogens with one attached hydrogen (secondary N) is 1. The Bertz CT molecular complexity index is 720. The molecule has 2 aromatic rings. The number of methoxy groups -OCH3 is 1. The number of hydrogen-bond donors (Lipinski definition) is 1. The van der Waals surface area contributed by atoms with Crippen LogP contribution < -0.4 is 15.0 Å². The van der Waals surface area contributed by atoms with Crippen LogP contribution in [0.25, 0.3) is 0 Å². The van der Waals surface area contributed by atoms with E-state index in [-0.39, 0.29) is 11.7 Å². The Kier molecular flexibility index (Phi) is 6.11. The maximum Gasteiger partial charge on any atom is 0.234 e. The summed E-state index contributed by atoms with van der Waals surface area (Å²) in [6, 6.07) is 7.37. The molecule has 0 radical (unpaired) electrons. The van der Waals surface area contributed by atoms with Crippen LogP contribution in [0, 0.1) is 0 Å². The molecule has 0 aliphatic carbocycles. The highest BCUT2D eigenvalue weighted by atomic mass is 32.2. The predicted octanol–water partition coefficient (Wildman–Crippen LogP) is 3.21. The largest absolute Gasteiger partial charge is 0.495 e. The zero-order chi connectivity index (χ0) is 17.5. The molecule has 1 N–H and O–H groups in total. The smallest absolute Gasteiger partial charge is 0.234 e. The molecule has 1 amide bonds. The molecule has 1 fully saturated rings. The van der Waals surface area contributed by atoms with Crippen LogP contribution in [0.4, 0.5) is 11.5 Å². The summed E-state index contributed by atoms with van der Waals surface area (Å²) < 4.78 is 5.26. The Morgan fingerprint density at radius 1 is 1.20 bits per heavy atom. The zero-order valence-corrected chi connectivity index (χ0v) is 15.1. The Morgan fingerprint density at radius 2 is 1.96 bits per heavy atom. The van der Waals surface area contributed by atoms with Gasteiger partial charge >= 0.3 is 0 Å². The third-order valence-electron chi connectivity index (χ3n) is 4.02. The Morgan fingerprint density at radius 3 is 2.76 bits per heavy atom. The number of ether oxygens (including phenoxy) is 1. The van der Waals surface area contributed by atoms with Crippen molar-refractivity contribution in [1.29, 1.82) is 0 Å². The minimum absolute atomic E-state index is 0.0928. The summed E-state index contributed by atoms with van der Waals surface area (Å²) in [5.41, 5.74) is 0.672. The molecule has 0 unspecified atom stereocenters. The number of aromatic nitrogens is 2. The third-order valence-corrected chi connectivity index (χ3v) is 4.99. The van der Waals surface area contributed by atoms with Crippen molar-refractivity contribution in [2.24, 2.45) is 0 Å². The Hall–Kier alpha value is -2.28. The Labute approximate surface area is 152 Å². The van der Waals surface area contributed by atoms with E-state index in [1.54, 1.807) is 19.5 Å². The van der Waals surface area contributed by atoms with Crippen LogP contribution >= 0.6 is 11.8 Å². The van der Waals surface area contributed by atoms with Gasteiger partial charge in [0.15, 0.2) is 5.82 Å². The van der Waals surface area contributed by atoms with Crippen LogP contribution in [0.3, 0.4) is 0 Å². The first-order chi connectivity index (χ1) is 12.3. The fourth-order valence-electron chi connectivity index (χ4n) is 2.81. The average Bonchev–Trinajstić information content (AvgIpc) is 2.68.